The van der Waals surface area contributed by atoms with E-state index in [9.17, 15) is 9.59 Å². The lowest BCUT2D eigenvalue weighted by Gasteiger charge is -2.29. The Kier molecular flexibility index (Phi) is 5.40. The van der Waals surface area contributed by atoms with Crippen molar-refractivity contribution in [3.63, 3.8) is 0 Å². The fourth-order valence-corrected chi connectivity index (χ4v) is 3.55. The zero-order valence-electron chi connectivity index (χ0n) is 14.3. The molecule has 1 aromatic carbocycles. The molecule has 134 valence electrons. The van der Waals surface area contributed by atoms with Crippen molar-refractivity contribution in [2.75, 3.05) is 13.1 Å². The van der Waals surface area contributed by atoms with Crippen LogP contribution in [0.1, 0.15) is 19.3 Å². The summed E-state index contributed by atoms with van der Waals surface area (Å²) in [6, 6.07) is 11.7. The molecule has 0 amide bonds. The van der Waals surface area contributed by atoms with Crippen LogP contribution in [0.2, 0.25) is 0 Å². The van der Waals surface area contributed by atoms with E-state index in [0.717, 1.165) is 12.6 Å². The molecule has 0 bridgehead atoms. The largest absolute Gasteiger partial charge is 0.472 e. The lowest BCUT2D eigenvalue weighted by Crippen LogP contribution is -2.33. The first-order chi connectivity index (χ1) is 12.5. The SMILES string of the molecule is C1=C(n2ccc3ccccc32)CC2CCCN2C1.O=C(O)C#CC(=O)O. The number of carboxylic acid groups (broad SMARTS) is 2. The molecule has 2 N–H and O–H groups in total. The molecule has 0 radical (unpaired) electrons. The predicted molar refractivity (Wildman–Crippen MR) is 98.5 cm³/mol. The highest BCUT2D eigenvalue weighted by Gasteiger charge is 2.28. The van der Waals surface area contributed by atoms with Gasteiger partial charge in [0.1, 0.15) is 0 Å². The molecule has 1 aromatic heterocycles. The van der Waals surface area contributed by atoms with E-state index in [1.54, 1.807) is 0 Å². The maximum Gasteiger partial charge on any atom is 0.382 e. The number of fused-ring (bicyclic) bond motifs is 2. The van der Waals surface area contributed by atoms with Crippen molar-refractivity contribution < 1.29 is 19.8 Å². The predicted octanol–water partition coefficient (Wildman–Crippen LogP) is 2.51. The molecule has 0 aliphatic carbocycles. The van der Waals surface area contributed by atoms with Gasteiger partial charge < -0.3 is 14.8 Å². The highest BCUT2D eigenvalue weighted by Crippen LogP contribution is 2.31. The molecule has 1 unspecified atom stereocenters. The van der Waals surface area contributed by atoms with E-state index >= 15 is 0 Å². The van der Waals surface area contributed by atoms with Crippen molar-refractivity contribution in [2.24, 2.45) is 0 Å². The minimum atomic E-state index is -1.44. The van der Waals surface area contributed by atoms with Gasteiger partial charge in [-0.3, -0.25) is 4.90 Å². The van der Waals surface area contributed by atoms with Gasteiger partial charge in [0.2, 0.25) is 0 Å². The van der Waals surface area contributed by atoms with Gasteiger partial charge in [-0.1, -0.05) is 24.3 Å². The van der Waals surface area contributed by atoms with E-state index in [4.69, 9.17) is 10.2 Å². The third-order valence-corrected chi connectivity index (χ3v) is 4.69. The van der Waals surface area contributed by atoms with Crippen LogP contribution >= 0.6 is 0 Å². The molecule has 1 fully saturated rings. The van der Waals surface area contributed by atoms with Crippen LogP contribution in [0.15, 0.2) is 42.6 Å². The van der Waals surface area contributed by atoms with Crippen LogP contribution < -0.4 is 0 Å². The number of carbonyl (C=O) groups is 2. The van der Waals surface area contributed by atoms with E-state index < -0.39 is 11.9 Å². The van der Waals surface area contributed by atoms with Crippen molar-refractivity contribution in [2.45, 2.75) is 25.3 Å². The van der Waals surface area contributed by atoms with Gasteiger partial charge in [0, 0.05) is 42.7 Å². The standard InChI is InChI=1S/C16H18N2.C4H2O4/c1-2-6-16-13(4-1)7-11-18(16)15-8-10-17-9-3-5-14(17)12-15;5-3(6)1-2-4(7)8/h1-2,4,6-8,11,14H,3,5,9-10,12H2;(H,5,6)(H,7,8). The topological polar surface area (TPSA) is 82.8 Å². The second kappa shape index (κ2) is 7.89. The van der Waals surface area contributed by atoms with Crippen LogP contribution in [0, 0.1) is 11.8 Å². The number of aliphatic carboxylic acids is 2. The van der Waals surface area contributed by atoms with Gasteiger partial charge >= 0.3 is 11.9 Å². The van der Waals surface area contributed by atoms with E-state index in [1.807, 2.05) is 0 Å². The zero-order chi connectivity index (χ0) is 18.5. The molecule has 0 saturated carbocycles. The number of para-hydroxylation sites is 1. The molecular weight excluding hydrogens is 332 g/mol. The van der Waals surface area contributed by atoms with Crippen molar-refractivity contribution in [1.82, 2.24) is 9.47 Å². The number of hydrogen-bond acceptors (Lipinski definition) is 3. The summed E-state index contributed by atoms with van der Waals surface area (Å²) >= 11 is 0. The number of rotatable bonds is 1. The summed E-state index contributed by atoms with van der Waals surface area (Å²) < 4.78 is 2.38. The van der Waals surface area contributed by atoms with Gasteiger partial charge in [-0.2, -0.15) is 0 Å². The maximum absolute atomic E-state index is 9.47. The highest BCUT2D eigenvalue weighted by molar-refractivity contribution is 5.96. The molecule has 4 rings (SSSR count). The highest BCUT2D eigenvalue weighted by atomic mass is 16.4. The fourth-order valence-electron chi connectivity index (χ4n) is 3.55. The molecule has 2 aliphatic rings. The van der Waals surface area contributed by atoms with E-state index in [1.165, 1.54) is 54.2 Å². The van der Waals surface area contributed by atoms with Crippen LogP contribution in [-0.2, 0) is 9.59 Å². The van der Waals surface area contributed by atoms with Gasteiger partial charge in [-0.15, -0.1) is 0 Å². The van der Waals surface area contributed by atoms with Crippen LogP contribution in [-0.4, -0.2) is 50.8 Å². The molecule has 1 atom stereocenters. The summed E-state index contributed by atoms with van der Waals surface area (Å²) in [6.45, 7) is 2.42. The zero-order valence-corrected chi connectivity index (χ0v) is 14.3. The smallest absolute Gasteiger partial charge is 0.382 e. The Morgan fingerprint density at radius 3 is 2.54 bits per heavy atom. The Bertz CT molecular complexity index is 899. The Morgan fingerprint density at radius 1 is 1.08 bits per heavy atom. The average molecular weight is 352 g/mol. The Labute approximate surface area is 151 Å². The molecule has 0 spiro atoms. The summed E-state index contributed by atoms with van der Waals surface area (Å²) in [7, 11) is 0. The van der Waals surface area contributed by atoms with Crippen LogP contribution in [0.5, 0.6) is 0 Å². The fraction of sp³-hybridized carbons (Fsp3) is 0.300. The van der Waals surface area contributed by atoms with Crippen molar-refractivity contribution >= 4 is 28.5 Å². The van der Waals surface area contributed by atoms with Gasteiger partial charge in [-0.05, 0) is 36.9 Å². The van der Waals surface area contributed by atoms with Gasteiger partial charge in [0.25, 0.3) is 0 Å². The molecule has 26 heavy (non-hydrogen) atoms. The third kappa shape index (κ3) is 4.13. The summed E-state index contributed by atoms with van der Waals surface area (Å²) in [4.78, 5) is 21.6. The second-order valence-electron chi connectivity index (χ2n) is 6.30. The number of nitrogens with zero attached hydrogens (tertiary/aromatic N) is 2. The molecule has 2 aromatic rings. The lowest BCUT2D eigenvalue weighted by molar-refractivity contribution is -0.132. The third-order valence-electron chi connectivity index (χ3n) is 4.69. The summed E-state index contributed by atoms with van der Waals surface area (Å²) in [6.07, 6.45) is 8.59. The first kappa shape index (κ1) is 17.8. The van der Waals surface area contributed by atoms with Crippen molar-refractivity contribution in [3.05, 3.63) is 42.6 Å². The molecule has 1 saturated heterocycles. The van der Waals surface area contributed by atoms with E-state index in [0.29, 0.717) is 0 Å². The van der Waals surface area contributed by atoms with Crippen molar-refractivity contribution in [1.29, 1.82) is 0 Å². The Hall–Kier alpha value is -3.04. The Morgan fingerprint density at radius 2 is 1.81 bits per heavy atom. The summed E-state index contributed by atoms with van der Waals surface area (Å²) in [5.74, 6) is -0.0511. The number of carboxylic acids is 2. The second-order valence-corrected chi connectivity index (χ2v) is 6.30. The minimum Gasteiger partial charge on any atom is -0.472 e. The molecule has 6 heteroatoms. The first-order valence-corrected chi connectivity index (χ1v) is 8.52. The number of benzene rings is 1. The first-order valence-electron chi connectivity index (χ1n) is 8.52. The normalized spacial score (nSPS) is 18.8. The van der Waals surface area contributed by atoms with Crippen LogP contribution in [0.4, 0.5) is 0 Å². The van der Waals surface area contributed by atoms with Gasteiger partial charge in [-0.25, -0.2) is 9.59 Å². The van der Waals surface area contributed by atoms with Crippen LogP contribution in [0.25, 0.3) is 16.6 Å². The molecule has 2 aliphatic heterocycles. The lowest BCUT2D eigenvalue weighted by atomic mass is 10.1. The maximum atomic E-state index is 9.47. The van der Waals surface area contributed by atoms with E-state index in [2.05, 4.69) is 52.1 Å². The average Bonchev–Trinajstić information content (AvgIpc) is 3.26. The molecular formula is C20H20N2O4. The quantitative estimate of drug-likeness (QED) is 0.771. The monoisotopic (exact) mass is 352 g/mol. The molecule has 6 nitrogen and oxygen atoms in total. The summed E-state index contributed by atoms with van der Waals surface area (Å²) in [5, 5.41) is 16.8. The van der Waals surface area contributed by atoms with Gasteiger partial charge in [0.05, 0.1) is 5.52 Å². The number of aromatic nitrogens is 1. The summed E-state index contributed by atoms with van der Waals surface area (Å²) in [5.41, 5.74) is 2.83. The van der Waals surface area contributed by atoms with Crippen molar-refractivity contribution in [3.8, 4) is 11.8 Å². The Balaban J connectivity index is 0.000000211. The van der Waals surface area contributed by atoms with E-state index in [-0.39, 0.29) is 0 Å². The molecule has 3 heterocycles. The number of hydrogen-bond donors (Lipinski definition) is 2. The van der Waals surface area contributed by atoms with Crippen LogP contribution in [0.3, 0.4) is 0 Å². The van der Waals surface area contributed by atoms with Gasteiger partial charge in [0.15, 0.2) is 0 Å². The minimum absolute atomic E-state index is 0.783.